The van der Waals surface area contributed by atoms with E-state index >= 15 is 0 Å². The van der Waals surface area contributed by atoms with Crippen LogP contribution in [0.15, 0.2) is 12.4 Å². The first-order valence-electron chi connectivity index (χ1n) is 5.83. The van der Waals surface area contributed by atoms with Gasteiger partial charge >= 0.3 is 5.97 Å². The normalized spacial score (nSPS) is 30.2. The Hall–Kier alpha value is -1.32. The van der Waals surface area contributed by atoms with Crippen LogP contribution >= 0.6 is 0 Å². The Morgan fingerprint density at radius 3 is 2.88 bits per heavy atom. The van der Waals surface area contributed by atoms with Crippen molar-refractivity contribution in [1.29, 1.82) is 0 Å². The van der Waals surface area contributed by atoms with Gasteiger partial charge in [0.25, 0.3) is 0 Å². The van der Waals surface area contributed by atoms with Gasteiger partial charge in [-0.2, -0.15) is 0 Å². The topological polar surface area (TPSA) is 55.1 Å². The molecule has 1 aromatic heterocycles. The fourth-order valence-electron chi connectivity index (χ4n) is 2.91. The Balaban J connectivity index is 2.50. The van der Waals surface area contributed by atoms with Crippen LogP contribution in [0.1, 0.15) is 38.4 Å². The molecule has 1 heterocycles. The van der Waals surface area contributed by atoms with Crippen LogP contribution in [0.2, 0.25) is 0 Å². The number of carboxylic acids is 1. The second-order valence-corrected chi connectivity index (χ2v) is 4.72. The molecule has 0 spiro atoms. The second-order valence-electron chi connectivity index (χ2n) is 4.72. The fourth-order valence-corrected chi connectivity index (χ4v) is 2.91. The summed E-state index contributed by atoms with van der Waals surface area (Å²) >= 11 is 0. The summed E-state index contributed by atoms with van der Waals surface area (Å²) in [6, 6.07) is 0. The minimum Gasteiger partial charge on any atom is -0.479 e. The van der Waals surface area contributed by atoms with Crippen LogP contribution in [0, 0.1) is 12.8 Å². The summed E-state index contributed by atoms with van der Waals surface area (Å²) in [4.78, 5) is 15.8. The maximum atomic E-state index is 11.7. The molecule has 1 aliphatic rings. The minimum absolute atomic E-state index is 0.159. The molecule has 0 aromatic carbocycles. The maximum absolute atomic E-state index is 11.7. The first-order valence-corrected chi connectivity index (χ1v) is 5.83. The van der Waals surface area contributed by atoms with Crippen molar-refractivity contribution in [3.05, 3.63) is 18.2 Å². The van der Waals surface area contributed by atoms with Crippen molar-refractivity contribution < 1.29 is 9.90 Å². The third-order valence-electron chi connectivity index (χ3n) is 3.89. The van der Waals surface area contributed by atoms with Gasteiger partial charge in [0.2, 0.25) is 0 Å². The van der Waals surface area contributed by atoms with E-state index in [0.29, 0.717) is 6.42 Å². The molecule has 1 N–H and O–H groups in total. The molecule has 0 aliphatic heterocycles. The molecule has 16 heavy (non-hydrogen) atoms. The van der Waals surface area contributed by atoms with Gasteiger partial charge < -0.3 is 9.67 Å². The van der Waals surface area contributed by atoms with E-state index in [2.05, 4.69) is 4.98 Å². The van der Waals surface area contributed by atoms with Crippen LogP contribution in [0.25, 0.3) is 0 Å². The van der Waals surface area contributed by atoms with E-state index in [-0.39, 0.29) is 5.92 Å². The molecule has 1 fully saturated rings. The summed E-state index contributed by atoms with van der Waals surface area (Å²) in [5.74, 6) is 0.226. The lowest BCUT2D eigenvalue weighted by Crippen LogP contribution is -2.49. The fraction of sp³-hybridized carbons (Fsp3) is 0.667. The van der Waals surface area contributed by atoms with E-state index in [4.69, 9.17) is 0 Å². The Bertz CT molecular complexity index is 399. The van der Waals surface area contributed by atoms with Gasteiger partial charge in [-0.15, -0.1) is 0 Å². The Morgan fingerprint density at radius 1 is 1.62 bits per heavy atom. The second kappa shape index (κ2) is 3.92. The molecule has 1 aliphatic carbocycles. The predicted octanol–water partition coefficient (Wildman–Crippen LogP) is 2.18. The molecule has 88 valence electrons. The SMILES string of the molecule is Cc1nccn1C1(C(=O)O)CCCCC1C. The van der Waals surface area contributed by atoms with E-state index < -0.39 is 11.5 Å². The first-order chi connectivity index (χ1) is 7.59. The van der Waals surface area contributed by atoms with Crippen LogP contribution < -0.4 is 0 Å². The maximum Gasteiger partial charge on any atom is 0.330 e. The molecule has 1 aromatic rings. The zero-order valence-corrected chi connectivity index (χ0v) is 9.81. The summed E-state index contributed by atoms with van der Waals surface area (Å²) in [7, 11) is 0. The van der Waals surface area contributed by atoms with Gasteiger partial charge in [-0.3, -0.25) is 0 Å². The average Bonchev–Trinajstić information content (AvgIpc) is 2.65. The van der Waals surface area contributed by atoms with Crippen LogP contribution in [-0.2, 0) is 10.3 Å². The van der Waals surface area contributed by atoms with E-state index in [1.54, 1.807) is 12.4 Å². The molecule has 0 amide bonds. The minimum atomic E-state index is -0.779. The number of carboxylic acid groups (broad SMARTS) is 1. The highest BCUT2D eigenvalue weighted by molar-refractivity contribution is 5.77. The number of aromatic nitrogens is 2. The monoisotopic (exact) mass is 222 g/mol. The summed E-state index contributed by atoms with van der Waals surface area (Å²) in [6.45, 7) is 3.90. The first kappa shape index (κ1) is 11.2. The molecule has 4 heteroatoms. The van der Waals surface area contributed by atoms with Crippen LogP contribution in [0.3, 0.4) is 0 Å². The zero-order valence-electron chi connectivity index (χ0n) is 9.81. The molecule has 2 rings (SSSR count). The highest BCUT2D eigenvalue weighted by atomic mass is 16.4. The van der Waals surface area contributed by atoms with Gasteiger partial charge in [-0.25, -0.2) is 9.78 Å². The lowest BCUT2D eigenvalue weighted by Gasteiger charge is -2.40. The number of hydrogen-bond donors (Lipinski definition) is 1. The number of aryl methyl sites for hydroxylation is 1. The largest absolute Gasteiger partial charge is 0.479 e. The quantitative estimate of drug-likeness (QED) is 0.834. The number of rotatable bonds is 2. The summed E-state index contributed by atoms with van der Waals surface area (Å²) < 4.78 is 1.85. The molecular formula is C12H18N2O2. The molecular weight excluding hydrogens is 204 g/mol. The van der Waals surface area contributed by atoms with Gasteiger partial charge in [-0.1, -0.05) is 19.8 Å². The van der Waals surface area contributed by atoms with E-state index in [1.165, 1.54) is 0 Å². The van der Waals surface area contributed by atoms with Gasteiger partial charge in [0.1, 0.15) is 11.4 Å². The van der Waals surface area contributed by atoms with Crippen LogP contribution in [0.5, 0.6) is 0 Å². The molecule has 2 atom stereocenters. The summed E-state index contributed by atoms with van der Waals surface area (Å²) in [5, 5.41) is 9.61. The van der Waals surface area contributed by atoms with E-state index in [0.717, 1.165) is 25.1 Å². The number of carbonyl (C=O) groups is 1. The van der Waals surface area contributed by atoms with Crippen molar-refractivity contribution in [2.45, 2.75) is 45.1 Å². The van der Waals surface area contributed by atoms with Crippen molar-refractivity contribution in [2.24, 2.45) is 5.92 Å². The Labute approximate surface area is 95.3 Å². The molecule has 1 saturated carbocycles. The lowest BCUT2D eigenvalue weighted by molar-refractivity contribution is -0.152. The van der Waals surface area contributed by atoms with Crippen LogP contribution in [-0.4, -0.2) is 20.6 Å². The molecule has 0 bridgehead atoms. The smallest absolute Gasteiger partial charge is 0.330 e. The average molecular weight is 222 g/mol. The lowest BCUT2D eigenvalue weighted by atomic mass is 9.73. The van der Waals surface area contributed by atoms with Crippen LogP contribution in [0.4, 0.5) is 0 Å². The van der Waals surface area contributed by atoms with Crippen molar-refractivity contribution in [3.8, 4) is 0 Å². The zero-order chi connectivity index (χ0) is 11.8. The highest BCUT2D eigenvalue weighted by Crippen LogP contribution is 2.40. The van der Waals surface area contributed by atoms with Gasteiger partial charge in [0, 0.05) is 12.4 Å². The van der Waals surface area contributed by atoms with Gasteiger partial charge in [0.15, 0.2) is 0 Å². The third kappa shape index (κ3) is 1.44. The summed E-state index contributed by atoms with van der Waals surface area (Å²) in [5.41, 5.74) is -0.779. The number of hydrogen-bond acceptors (Lipinski definition) is 2. The van der Waals surface area contributed by atoms with Gasteiger partial charge in [-0.05, 0) is 25.7 Å². The predicted molar refractivity (Wildman–Crippen MR) is 60.2 cm³/mol. The summed E-state index contributed by atoms with van der Waals surface area (Å²) in [6.07, 6.45) is 7.27. The van der Waals surface area contributed by atoms with Gasteiger partial charge in [0.05, 0.1) is 0 Å². The standard InChI is InChI=1S/C12H18N2O2/c1-9-5-3-4-6-12(9,11(15)16)14-8-7-13-10(14)2/h7-9H,3-6H2,1-2H3,(H,15,16). The third-order valence-corrected chi connectivity index (χ3v) is 3.89. The van der Waals surface area contributed by atoms with E-state index in [1.807, 2.05) is 18.4 Å². The molecule has 0 radical (unpaired) electrons. The van der Waals surface area contributed by atoms with E-state index in [9.17, 15) is 9.90 Å². The number of nitrogens with zero attached hydrogens (tertiary/aromatic N) is 2. The van der Waals surface area contributed by atoms with Crippen molar-refractivity contribution in [1.82, 2.24) is 9.55 Å². The molecule has 2 unspecified atom stereocenters. The van der Waals surface area contributed by atoms with Crippen molar-refractivity contribution in [3.63, 3.8) is 0 Å². The molecule has 4 nitrogen and oxygen atoms in total. The number of imidazole rings is 1. The van der Waals surface area contributed by atoms with Crippen molar-refractivity contribution >= 4 is 5.97 Å². The Morgan fingerprint density at radius 2 is 2.38 bits per heavy atom. The Kier molecular flexibility index (Phi) is 2.74. The highest BCUT2D eigenvalue weighted by Gasteiger charge is 2.47. The molecule has 0 saturated heterocycles. The number of aliphatic carboxylic acids is 1. The van der Waals surface area contributed by atoms with Crippen molar-refractivity contribution in [2.75, 3.05) is 0 Å².